The first-order chi connectivity index (χ1) is 10.4. The summed E-state index contributed by atoms with van der Waals surface area (Å²) in [5.41, 5.74) is -0.766. The normalized spacial score (nSPS) is 12.7. The first kappa shape index (κ1) is 16.3. The molecule has 0 radical (unpaired) electrons. The number of fused-ring (bicyclic) bond motifs is 1. The second-order valence-electron chi connectivity index (χ2n) is 4.61. The highest BCUT2D eigenvalue weighted by Gasteiger charge is 2.19. The van der Waals surface area contributed by atoms with Crippen molar-refractivity contribution in [1.82, 2.24) is 19.1 Å². The molecule has 0 aliphatic heterocycles. The van der Waals surface area contributed by atoms with Crippen LogP contribution in [0.4, 0.5) is 0 Å². The van der Waals surface area contributed by atoms with Crippen LogP contribution in [0, 0.1) is 0 Å². The van der Waals surface area contributed by atoms with E-state index in [4.69, 9.17) is 4.74 Å². The molecular weight excluding hydrogens is 312 g/mol. The molecule has 22 heavy (non-hydrogen) atoms. The Balaban J connectivity index is 2.66. The summed E-state index contributed by atoms with van der Waals surface area (Å²) >= 11 is 0.944. The van der Waals surface area contributed by atoms with E-state index in [0.29, 0.717) is 18.3 Å². The summed E-state index contributed by atoms with van der Waals surface area (Å²) in [7, 11) is 2.99. The highest BCUT2D eigenvalue weighted by atomic mass is 32.2. The van der Waals surface area contributed by atoms with Gasteiger partial charge in [0.25, 0.3) is 5.56 Å². The van der Waals surface area contributed by atoms with Gasteiger partial charge in [0.15, 0.2) is 16.3 Å². The van der Waals surface area contributed by atoms with Gasteiger partial charge in [-0.15, -0.1) is 0 Å². The lowest BCUT2D eigenvalue weighted by Gasteiger charge is -2.13. The molecule has 0 saturated carbocycles. The number of carbonyl (C=O) groups is 1. The van der Waals surface area contributed by atoms with E-state index < -0.39 is 22.5 Å². The van der Waals surface area contributed by atoms with Crippen molar-refractivity contribution in [2.24, 2.45) is 7.05 Å². The van der Waals surface area contributed by atoms with E-state index in [2.05, 4.69) is 9.97 Å². The molecule has 2 aromatic heterocycles. The number of carbonyl (C=O) groups excluding carboxylic acids is 1. The van der Waals surface area contributed by atoms with Gasteiger partial charge in [-0.2, -0.15) is 0 Å². The third-order valence-corrected chi connectivity index (χ3v) is 4.17. The molecule has 2 aromatic rings. The van der Waals surface area contributed by atoms with Crippen LogP contribution < -0.4 is 16.4 Å². The Morgan fingerprint density at radius 1 is 1.50 bits per heavy atom. The maximum Gasteiger partial charge on any atom is 0.329 e. The van der Waals surface area contributed by atoms with Crippen LogP contribution in [0.1, 0.15) is 6.92 Å². The molecule has 2 rings (SSSR count). The lowest BCUT2D eigenvalue weighted by molar-refractivity contribution is -0.304. The number of aliphatic carboxylic acids is 1. The quantitative estimate of drug-likeness (QED) is 0.627. The Morgan fingerprint density at radius 2 is 2.18 bits per heavy atom. The zero-order valence-electron chi connectivity index (χ0n) is 12.3. The predicted molar refractivity (Wildman–Crippen MR) is 77.8 cm³/mol. The number of hydrogen-bond acceptors (Lipinski definition) is 7. The zero-order chi connectivity index (χ0) is 16.4. The highest BCUT2D eigenvalue weighted by molar-refractivity contribution is 8.00. The van der Waals surface area contributed by atoms with Crippen molar-refractivity contribution in [2.45, 2.75) is 23.9 Å². The Labute approximate surface area is 128 Å². The molecule has 10 heteroatoms. The average Bonchev–Trinajstić information content (AvgIpc) is 2.81. The zero-order valence-corrected chi connectivity index (χ0v) is 13.1. The number of aromatic amines is 1. The fraction of sp³-hybridized carbons (Fsp3) is 0.500. The minimum absolute atomic E-state index is 0.193. The predicted octanol–water partition coefficient (Wildman–Crippen LogP) is -1.70. The number of carboxylic acids is 1. The third kappa shape index (κ3) is 2.92. The molecule has 0 amide bonds. The van der Waals surface area contributed by atoms with Gasteiger partial charge in [-0.1, -0.05) is 11.8 Å². The molecule has 0 saturated heterocycles. The number of hydrogen-bond donors (Lipinski definition) is 1. The summed E-state index contributed by atoms with van der Waals surface area (Å²) in [5, 5.41) is 10.4. The van der Waals surface area contributed by atoms with Gasteiger partial charge in [-0.25, -0.2) is 9.78 Å². The van der Waals surface area contributed by atoms with Crippen molar-refractivity contribution in [2.75, 3.05) is 13.7 Å². The van der Waals surface area contributed by atoms with Crippen molar-refractivity contribution in [1.29, 1.82) is 0 Å². The number of nitrogens with zero attached hydrogens (tertiary/aromatic N) is 3. The van der Waals surface area contributed by atoms with Gasteiger partial charge in [0.1, 0.15) is 0 Å². The summed E-state index contributed by atoms with van der Waals surface area (Å²) in [6.07, 6.45) is 0. The van der Waals surface area contributed by atoms with Crippen molar-refractivity contribution in [3.8, 4) is 0 Å². The SMILES string of the molecule is COCCn1c(S[C@@H](C)C(=O)[O-])nc2c1c(=O)[nH]c(=O)n2C. The lowest BCUT2D eigenvalue weighted by Crippen LogP contribution is -2.31. The van der Waals surface area contributed by atoms with E-state index in [-0.39, 0.29) is 11.2 Å². The van der Waals surface area contributed by atoms with Gasteiger partial charge in [0.05, 0.1) is 12.6 Å². The van der Waals surface area contributed by atoms with Crippen LogP contribution in [0.5, 0.6) is 0 Å². The minimum atomic E-state index is -1.24. The highest BCUT2D eigenvalue weighted by Crippen LogP contribution is 2.25. The number of thioether (sulfide) groups is 1. The van der Waals surface area contributed by atoms with Crippen LogP contribution in [0.15, 0.2) is 14.7 Å². The number of aryl methyl sites for hydroxylation is 1. The van der Waals surface area contributed by atoms with Gasteiger partial charge < -0.3 is 19.2 Å². The van der Waals surface area contributed by atoms with Crippen molar-refractivity contribution < 1.29 is 14.6 Å². The van der Waals surface area contributed by atoms with E-state index in [0.717, 1.165) is 11.8 Å². The number of methoxy groups -OCH3 is 1. The fourth-order valence-electron chi connectivity index (χ4n) is 1.90. The molecule has 0 aliphatic rings. The third-order valence-electron chi connectivity index (χ3n) is 3.11. The molecule has 0 aromatic carbocycles. The van der Waals surface area contributed by atoms with Crippen LogP contribution in [0.2, 0.25) is 0 Å². The number of ether oxygens (including phenoxy) is 1. The van der Waals surface area contributed by atoms with Crippen LogP contribution in [-0.4, -0.2) is 44.0 Å². The molecule has 9 nitrogen and oxygen atoms in total. The molecular formula is C12H15N4O5S-. The van der Waals surface area contributed by atoms with Crippen LogP contribution >= 0.6 is 11.8 Å². The summed E-state index contributed by atoms with van der Waals surface area (Å²) in [4.78, 5) is 41.0. The molecule has 2 heterocycles. The average molecular weight is 327 g/mol. The molecule has 1 N–H and O–H groups in total. The van der Waals surface area contributed by atoms with Crippen LogP contribution in [-0.2, 0) is 23.1 Å². The first-order valence-corrected chi connectivity index (χ1v) is 7.30. The van der Waals surface area contributed by atoms with Gasteiger partial charge >= 0.3 is 5.69 Å². The standard InChI is InChI=1S/C12H16N4O5S/c1-6(10(18)19)22-12-13-8-7(16(12)4-5-21-3)9(17)14-11(20)15(8)2/h6H,4-5H2,1-3H3,(H,18,19)(H,14,17,20)/p-1/t6-/m0/s1. The van der Waals surface area contributed by atoms with Crippen molar-refractivity contribution in [3.63, 3.8) is 0 Å². The number of H-pyrrole nitrogens is 1. The Bertz CT molecular complexity index is 821. The molecule has 0 bridgehead atoms. The monoisotopic (exact) mass is 327 g/mol. The first-order valence-electron chi connectivity index (χ1n) is 6.42. The molecule has 0 unspecified atom stereocenters. The van der Waals surface area contributed by atoms with Gasteiger partial charge in [-0.3, -0.25) is 14.3 Å². The van der Waals surface area contributed by atoms with Crippen LogP contribution in [0.3, 0.4) is 0 Å². The molecule has 1 atom stereocenters. The fourth-order valence-corrected chi connectivity index (χ4v) is 2.76. The Morgan fingerprint density at radius 3 is 2.77 bits per heavy atom. The van der Waals surface area contributed by atoms with Crippen LogP contribution in [0.25, 0.3) is 11.2 Å². The Kier molecular flexibility index (Phi) is 4.71. The summed E-state index contributed by atoms with van der Waals surface area (Å²) in [5.74, 6) is -1.24. The van der Waals surface area contributed by atoms with Crippen molar-refractivity contribution >= 4 is 28.9 Å². The summed E-state index contributed by atoms with van der Waals surface area (Å²) < 4.78 is 7.74. The van der Waals surface area contributed by atoms with E-state index in [1.807, 2.05) is 0 Å². The number of rotatable bonds is 6. The second kappa shape index (κ2) is 6.36. The van der Waals surface area contributed by atoms with E-state index in [1.54, 1.807) is 4.57 Å². The number of imidazole rings is 1. The number of nitrogens with one attached hydrogen (secondary N) is 1. The van der Waals surface area contributed by atoms with Crippen molar-refractivity contribution in [3.05, 3.63) is 20.8 Å². The molecule has 0 fully saturated rings. The van der Waals surface area contributed by atoms with E-state index >= 15 is 0 Å². The smallest absolute Gasteiger partial charge is 0.329 e. The van der Waals surface area contributed by atoms with Gasteiger partial charge in [-0.05, 0) is 6.92 Å². The maximum absolute atomic E-state index is 12.1. The van der Waals surface area contributed by atoms with E-state index in [1.165, 1.54) is 25.6 Å². The Hall–Kier alpha value is -2.07. The second-order valence-corrected chi connectivity index (χ2v) is 5.92. The van der Waals surface area contributed by atoms with E-state index in [9.17, 15) is 19.5 Å². The summed E-state index contributed by atoms with van der Waals surface area (Å²) in [6, 6.07) is 0. The molecule has 0 spiro atoms. The van der Waals surface area contributed by atoms with Gasteiger partial charge in [0, 0.05) is 26.0 Å². The number of aromatic nitrogens is 4. The molecule has 0 aliphatic carbocycles. The lowest BCUT2D eigenvalue weighted by atomic mass is 10.5. The number of carboxylic acid groups (broad SMARTS) is 1. The maximum atomic E-state index is 12.1. The topological polar surface area (TPSA) is 122 Å². The molecule has 120 valence electrons. The summed E-state index contributed by atoms with van der Waals surface area (Å²) in [6.45, 7) is 2.07. The largest absolute Gasteiger partial charge is 0.549 e. The minimum Gasteiger partial charge on any atom is -0.549 e. The van der Waals surface area contributed by atoms with Gasteiger partial charge in [0.2, 0.25) is 0 Å².